The number of benzene rings is 3. The summed E-state index contributed by atoms with van der Waals surface area (Å²) >= 11 is 6.24. The molecule has 66 heavy (non-hydrogen) atoms. The molecule has 0 saturated carbocycles. The van der Waals surface area contributed by atoms with Gasteiger partial charge in [0, 0.05) is 92.1 Å². The van der Waals surface area contributed by atoms with Crippen LogP contribution in [0.3, 0.4) is 0 Å². The van der Waals surface area contributed by atoms with Gasteiger partial charge in [0.15, 0.2) is 0 Å². The molecule has 3 aromatic carbocycles. The maximum Gasteiger partial charge on any atom is 0.293 e. The Morgan fingerprint density at radius 2 is 1.77 bits per heavy atom. The number of hydrogen-bond donors (Lipinski definition) is 3. The van der Waals surface area contributed by atoms with E-state index in [0.717, 1.165) is 61.1 Å². The second kappa shape index (κ2) is 19.2. The van der Waals surface area contributed by atoms with Crippen LogP contribution in [0.4, 0.5) is 17.1 Å². The summed E-state index contributed by atoms with van der Waals surface area (Å²) in [5, 5.41) is 16.7. The predicted molar refractivity (Wildman–Crippen MR) is 257 cm³/mol. The lowest BCUT2D eigenvalue weighted by atomic mass is 9.72. The van der Waals surface area contributed by atoms with E-state index in [4.69, 9.17) is 16.3 Å². The number of ether oxygens (including phenoxy) is 1. The number of amides is 2. The predicted octanol–water partition coefficient (Wildman–Crippen LogP) is 8.66. The van der Waals surface area contributed by atoms with Crippen molar-refractivity contribution in [1.29, 1.82) is 0 Å². The topological polar surface area (TPSA) is 209 Å². The first kappa shape index (κ1) is 46.7. The van der Waals surface area contributed by atoms with Crippen molar-refractivity contribution < 1.29 is 31.9 Å². The van der Waals surface area contributed by atoms with E-state index in [1.165, 1.54) is 48.0 Å². The summed E-state index contributed by atoms with van der Waals surface area (Å²) in [5.41, 5.74) is 5.22. The Bertz CT molecular complexity index is 2940. The summed E-state index contributed by atoms with van der Waals surface area (Å²) in [4.78, 5) is 48.5. The van der Waals surface area contributed by atoms with Crippen LogP contribution in [-0.4, -0.2) is 95.0 Å². The van der Waals surface area contributed by atoms with Crippen molar-refractivity contribution in [2.75, 3.05) is 61.0 Å². The average molecular weight is 958 g/mol. The third kappa shape index (κ3) is 11.1. The van der Waals surface area contributed by atoms with Crippen molar-refractivity contribution in [3.8, 4) is 11.5 Å². The Labute approximate surface area is 389 Å². The maximum atomic E-state index is 14.0. The Balaban J connectivity index is 0.982. The number of nitro benzene ring substituents is 1. The van der Waals surface area contributed by atoms with Gasteiger partial charge in [0.25, 0.3) is 27.5 Å². The highest BCUT2D eigenvalue weighted by molar-refractivity contribution is 7.93. The number of sulfonamides is 1. The Morgan fingerprint density at radius 1 is 1.03 bits per heavy atom. The van der Waals surface area contributed by atoms with Gasteiger partial charge in [0.05, 0.1) is 31.3 Å². The van der Waals surface area contributed by atoms with Gasteiger partial charge in [-0.1, -0.05) is 43.2 Å². The number of anilines is 2. The number of allylic oxidation sites excluding steroid dienone is 1. The maximum absolute atomic E-state index is 14.0. The minimum atomic E-state index is -4.63. The monoisotopic (exact) mass is 956 g/mol. The van der Waals surface area contributed by atoms with Gasteiger partial charge < -0.3 is 19.9 Å². The molecule has 2 saturated heterocycles. The minimum absolute atomic E-state index is 0.00382. The van der Waals surface area contributed by atoms with E-state index in [-0.39, 0.29) is 39.8 Å². The first-order chi connectivity index (χ1) is 31.4. The summed E-state index contributed by atoms with van der Waals surface area (Å²) in [6.07, 6.45) is 7.41. The fourth-order valence-electron chi connectivity index (χ4n) is 8.93. The highest BCUT2D eigenvalue weighted by atomic mass is 35.5. The average Bonchev–Trinajstić information content (AvgIpc) is 3.75. The van der Waals surface area contributed by atoms with Crippen LogP contribution >= 0.6 is 11.6 Å². The molecule has 1 aliphatic carbocycles. The van der Waals surface area contributed by atoms with Crippen molar-refractivity contribution in [3.05, 3.63) is 117 Å². The van der Waals surface area contributed by atoms with Gasteiger partial charge in [-0.2, -0.15) is 4.36 Å². The number of aromatic amines is 1. The summed E-state index contributed by atoms with van der Waals surface area (Å²) in [5.74, 6) is -0.555. The van der Waals surface area contributed by atoms with Gasteiger partial charge in [-0.05, 0) is 103 Å². The molecular weight excluding hydrogens is 904 g/mol. The summed E-state index contributed by atoms with van der Waals surface area (Å²) in [6, 6.07) is 20.1. The van der Waals surface area contributed by atoms with Crippen molar-refractivity contribution in [2.45, 2.75) is 57.8 Å². The second-order valence-electron chi connectivity index (χ2n) is 18.0. The minimum Gasteiger partial charge on any atom is -0.455 e. The standard InChI is InChI=1S/C47H53ClN8O8S2/c1-31(57)52-65(61)22-14-32(15-23-65)28-50-42-11-9-39(26-43(42)56(59)60)66(62,63)53-46(58)40-10-8-37(25-44(40)64-38-24-34-13-17-49-45(34)51-29-38)55-20-18-54(19-21-55)30-35-12-16-47(2,3)27-41(35)33-4-6-36(48)7-5-33/h4-11,13,17,24-26,29,32,50H,12,14-16,18-23,27-28,30H2,1-3H3,(H,49,51)(H,53,58). The normalized spacial score (nSPS) is 20.2. The van der Waals surface area contributed by atoms with Gasteiger partial charge >= 0.3 is 0 Å². The number of fused-ring (bicyclic) bond motifs is 1. The molecule has 2 aromatic heterocycles. The van der Waals surface area contributed by atoms with Gasteiger partial charge in [0.2, 0.25) is 0 Å². The number of carbonyl (C=O) groups is 2. The molecule has 16 nitrogen and oxygen atoms in total. The highest BCUT2D eigenvalue weighted by Gasteiger charge is 2.31. The zero-order valence-corrected chi connectivity index (χ0v) is 39.4. The van der Waals surface area contributed by atoms with Crippen molar-refractivity contribution >= 4 is 76.8 Å². The quantitative estimate of drug-likeness (QED) is 0.0748. The summed E-state index contributed by atoms with van der Waals surface area (Å²) in [6.45, 7) is 10.1. The molecule has 0 unspecified atom stereocenters. The molecule has 3 aliphatic rings. The van der Waals surface area contributed by atoms with E-state index in [1.807, 2.05) is 18.2 Å². The van der Waals surface area contributed by atoms with Crippen LogP contribution < -0.4 is 19.7 Å². The molecule has 5 aromatic rings. The zero-order valence-electron chi connectivity index (χ0n) is 37.0. The first-order valence-corrected chi connectivity index (χ1v) is 25.7. The number of hydrogen-bond acceptors (Lipinski definition) is 12. The van der Waals surface area contributed by atoms with Crippen molar-refractivity contribution in [2.24, 2.45) is 15.7 Å². The number of piperazine rings is 1. The molecule has 3 N–H and O–H groups in total. The molecule has 2 amide bonds. The third-order valence-electron chi connectivity index (χ3n) is 12.6. The molecule has 8 rings (SSSR count). The molecule has 2 fully saturated rings. The van der Waals surface area contributed by atoms with E-state index in [1.54, 1.807) is 24.4 Å². The number of carbonyl (C=O) groups excluding carboxylic acids is 2. The molecule has 0 spiro atoms. The van der Waals surface area contributed by atoms with Crippen LogP contribution in [0.15, 0.2) is 100 Å². The molecule has 348 valence electrons. The SMILES string of the molecule is CC(=O)N=S1(=O)CCC(CNc2ccc(S(=O)(=O)NC(=O)c3ccc(N4CCN(CC5=C(c6ccc(Cl)cc6)CC(C)(C)CC5)CC4)cc3Oc3cnc4[nH]ccc4c3)cc2[N+](=O)[O-])CC1. The summed E-state index contributed by atoms with van der Waals surface area (Å²) < 4.78 is 52.5. The van der Waals surface area contributed by atoms with E-state index in [9.17, 15) is 32.3 Å². The molecule has 19 heteroatoms. The number of nitro groups is 1. The number of rotatable bonds is 13. The van der Waals surface area contributed by atoms with E-state index in [2.05, 4.69) is 60.1 Å². The fourth-order valence-corrected chi connectivity index (χ4v) is 12.3. The first-order valence-electron chi connectivity index (χ1n) is 21.9. The Kier molecular flexibility index (Phi) is 13.6. The molecule has 0 bridgehead atoms. The van der Waals surface area contributed by atoms with Crippen LogP contribution in [0.25, 0.3) is 16.6 Å². The molecule has 4 heterocycles. The molecule has 0 atom stereocenters. The van der Waals surface area contributed by atoms with Gasteiger partial charge in [-0.3, -0.25) is 24.6 Å². The van der Waals surface area contributed by atoms with Gasteiger partial charge in [0.1, 0.15) is 22.8 Å². The lowest BCUT2D eigenvalue weighted by molar-refractivity contribution is -0.384. The third-order valence-corrected chi connectivity index (χ3v) is 16.5. The largest absolute Gasteiger partial charge is 0.455 e. The highest BCUT2D eigenvalue weighted by Crippen LogP contribution is 2.43. The van der Waals surface area contributed by atoms with E-state index >= 15 is 0 Å². The Hall–Kier alpha value is -5.82. The van der Waals surface area contributed by atoms with E-state index < -0.39 is 47.1 Å². The number of aromatic nitrogens is 2. The second-order valence-corrected chi connectivity index (χ2v) is 22.7. The van der Waals surface area contributed by atoms with Crippen LogP contribution in [0.5, 0.6) is 11.5 Å². The van der Waals surface area contributed by atoms with Crippen molar-refractivity contribution in [3.63, 3.8) is 0 Å². The number of pyridine rings is 1. The van der Waals surface area contributed by atoms with Crippen LogP contribution in [-0.2, 0) is 24.5 Å². The number of H-pyrrole nitrogens is 1. The van der Waals surface area contributed by atoms with Crippen LogP contribution in [0, 0.1) is 21.4 Å². The Morgan fingerprint density at radius 3 is 2.48 bits per heavy atom. The fraction of sp³-hybridized carbons (Fsp3) is 0.383. The lowest BCUT2D eigenvalue weighted by Gasteiger charge is -2.39. The van der Waals surface area contributed by atoms with Crippen molar-refractivity contribution in [1.82, 2.24) is 19.6 Å². The molecular formula is C47H53ClN8O8S2. The molecule has 2 aliphatic heterocycles. The van der Waals surface area contributed by atoms with Crippen LogP contribution in [0.2, 0.25) is 5.02 Å². The van der Waals surface area contributed by atoms with Gasteiger partial charge in [-0.15, -0.1) is 0 Å². The lowest BCUT2D eigenvalue weighted by Crippen LogP contribution is -2.47. The zero-order chi connectivity index (χ0) is 46.8. The van der Waals surface area contributed by atoms with Gasteiger partial charge in [-0.25, -0.2) is 22.3 Å². The number of nitrogens with zero attached hydrogens (tertiary/aromatic N) is 5. The number of nitrogens with one attached hydrogen (secondary N) is 3. The smallest absolute Gasteiger partial charge is 0.293 e. The molecule has 0 radical (unpaired) electrons. The van der Waals surface area contributed by atoms with E-state index in [0.29, 0.717) is 43.9 Å². The summed E-state index contributed by atoms with van der Waals surface area (Å²) in [7, 11) is -7.24. The number of halogens is 1. The van der Waals surface area contributed by atoms with Crippen LogP contribution in [0.1, 0.15) is 68.8 Å².